The summed E-state index contributed by atoms with van der Waals surface area (Å²) in [6.45, 7) is 4.91. The second-order valence-corrected chi connectivity index (χ2v) is 11.3. The number of H-pyrrole nitrogens is 1. The van der Waals surface area contributed by atoms with Crippen molar-refractivity contribution in [2.75, 3.05) is 31.3 Å². The van der Waals surface area contributed by atoms with E-state index in [4.69, 9.17) is 4.74 Å². The Kier molecular flexibility index (Phi) is 9.07. The molecule has 0 bridgehead atoms. The number of fused-ring (bicyclic) bond motifs is 1. The zero-order valence-corrected chi connectivity index (χ0v) is 23.1. The molecule has 0 radical (unpaired) electrons. The van der Waals surface area contributed by atoms with Crippen LogP contribution in [-0.4, -0.2) is 35.9 Å². The Labute approximate surface area is 219 Å². The van der Waals surface area contributed by atoms with E-state index >= 15 is 0 Å². The quantitative estimate of drug-likeness (QED) is 0.140. The highest BCUT2D eigenvalue weighted by Crippen LogP contribution is 2.34. The van der Waals surface area contributed by atoms with Crippen LogP contribution >= 0.6 is 50.4 Å². The monoisotopic (exact) mass is 578 g/mol. The first-order chi connectivity index (χ1) is 16.6. The van der Waals surface area contributed by atoms with E-state index in [9.17, 15) is 4.79 Å². The number of thiophene rings is 1. The molecule has 180 valence electrons. The molecule has 0 saturated heterocycles. The number of ether oxygens (including phenoxy) is 1. The number of hydrogen-bond acceptors (Lipinski definition) is 8. The van der Waals surface area contributed by atoms with Crippen LogP contribution in [0.1, 0.15) is 22.6 Å². The molecular weight excluding hydrogens is 552 g/mol. The Morgan fingerprint density at radius 3 is 2.94 bits per heavy atom. The fraction of sp³-hybridized carbons (Fsp3) is 0.333. The van der Waals surface area contributed by atoms with Crippen LogP contribution in [0.3, 0.4) is 0 Å². The molecule has 4 aromatic rings. The highest BCUT2D eigenvalue weighted by Gasteiger charge is 2.12. The van der Waals surface area contributed by atoms with Crippen LogP contribution in [0.4, 0.5) is 5.69 Å². The van der Waals surface area contributed by atoms with Crippen molar-refractivity contribution in [1.82, 2.24) is 15.3 Å². The molecule has 0 unspecified atom stereocenters. The van der Waals surface area contributed by atoms with Gasteiger partial charge in [0.2, 0.25) is 5.43 Å². The molecule has 4 rings (SSSR count). The summed E-state index contributed by atoms with van der Waals surface area (Å²) in [5.41, 5.74) is 5.67. The molecule has 0 spiro atoms. The van der Waals surface area contributed by atoms with Crippen molar-refractivity contribution >= 4 is 66.3 Å². The van der Waals surface area contributed by atoms with Crippen molar-refractivity contribution in [2.45, 2.75) is 31.2 Å². The second kappa shape index (κ2) is 12.2. The molecule has 3 N–H and O–H groups in total. The van der Waals surface area contributed by atoms with Gasteiger partial charge >= 0.3 is 0 Å². The van der Waals surface area contributed by atoms with Gasteiger partial charge in [-0.25, -0.2) is 4.98 Å². The SMILES string of the molecule is CSc1cc(Br)c(OCCc2scnc2C)c(CNCCCNc2c[nH]c3ccsc3c2=O)c1. The fourth-order valence-corrected chi connectivity index (χ4v) is 6.41. The highest BCUT2D eigenvalue weighted by molar-refractivity contribution is 9.10. The lowest BCUT2D eigenvalue weighted by atomic mass is 10.2. The van der Waals surface area contributed by atoms with E-state index in [-0.39, 0.29) is 5.43 Å². The van der Waals surface area contributed by atoms with Gasteiger partial charge < -0.3 is 20.4 Å². The zero-order valence-electron chi connectivity index (χ0n) is 19.1. The number of benzene rings is 1. The summed E-state index contributed by atoms with van der Waals surface area (Å²) >= 11 is 8.55. The minimum Gasteiger partial charge on any atom is -0.492 e. The topological polar surface area (TPSA) is 79.0 Å². The third kappa shape index (κ3) is 6.23. The van der Waals surface area contributed by atoms with Gasteiger partial charge in [0.05, 0.1) is 27.8 Å². The average molecular weight is 580 g/mol. The van der Waals surface area contributed by atoms with Gasteiger partial charge in [-0.2, -0.15) is 0 Å². The van der Waals surface area contributed by atoms with Crippen LogP contribution < -0.4 is 20.8 Å². The maximum atomic E-state index is 12.5. The fourth-order valence-electron chi connectivity index (χ4n) is 3.57. The molecular formula is C24H27BrN4O2S3. The average Bonchev–Trinajstić information content (AvgIpc) is 3.48. The van der Waals surface area contributed by atoms with Crippen molar-refractivity contribution < 1.29 is 4.74 Å². The molecule has 34 heavy (non-hydrogen) atoms. The number of nitrogens with one attached hydrogen (secondary N) is 3. The van der Waals surface area contributed by atoms with E-state index in [1.54, 1.807) is 29.3 Å². The van der Waals surface area contributed by atoms with Gasteiger partial charge in [-0.15, -0.1) is 34.4 Å². The van der Waals surface area contributed by atoms with Crippen molar-refractivity contribution in [3.8, 4) is 5.75 Å². The van der Waals surface area contributed by atoms with Crippen LogP contribution in [0.2, 0.25) is 0 Å². The Morgan fingerprint density at radius 1 is 1.26 bits per heavy atom. The number of thiazole rings is 1. The molecule has 1 aromatic carbocycles. The molecule has 0 amide bonds. The highest BCUT2D eigenvalue weighted by atomic mass is 79.9. The molecule has 0 aliphatic carbocycles. The van der Waals surface area contributed by atoms with Gasteiger partial charge in [-0.05, 0) is 65.7 Å². The first-order valence-corrected chi connectivity index (χ1v) is 14.8. The summed E-state index contributed by atoms with van der Waals surface area (Å²) in [5.74, 6) is 0.890. The van der Waals surface area contributed by atoms with E-state index in [0.29, 0.717) is 18.8 Å². The standard InChI is InChI=1S/C24H27BrN4O2S3/c1-15-21(34-14-29-15)4-8-31-23-16(10-17(32-2)11-18(23)25)12-26-6-3-7-27-20-13-28-19-5-9-33-24(19)22(20)30/h5,9-11,13-14,26-27H,3-4,6-8,12H2,1-2H3,(H,28,30). The largest absolute Gasteiger partial charge is 0.492 e. The number of pyridine rings is 1. The van der Waals surface area contributed by atoms with Crippen molar-refractivity contribution in [1.29, 1.82) is 0 Å². The Balaban J connectivity index is 1.28. The van der Waals surface area contributed by atoms with Gasteiger partial charge in [-0.3, -0.25) is 4.79 Å². The molecule has 0 atom stereocenters. The van der Waals surface area contributed by atoms with Gasteiger partial charge in [0.15, 0.2) is 0 Å². The number of hydrogen-bond donors (Lipinski definition) is 3. The third-order valence-electron chi connectivity index (χ3n) is 5.40. The molecule has 3 aromatic heterocycles. The second-order valence-electron chi connectivity index (χ2n) is 7.71. The number of anilines is 1. The zero-order chi connectivity index (χ0) is 23.9. The predicted octanol–water partition coefficient (Wildman–Crippen LogP) is 6.05. The lowest BCUT2D eigenvalue weighted by Gasteiger charge is -2.16. The van der Waals surface area contributed by atoms with Crippen molar-refractivity contribution in [2.24, 2.45) is 0 Å². The number of aromatic amines is 1. The minimum absolute atomic E-state index is 0.0609. The number of aromatic nitrogens is 2. The Hall–Kier alpha value is -1.85. The van der Waals surface area contributed by atoms with E-state index < -0.39 is 0 Å². The van der Waals surface area contributed by atoms with Gasteiger partial charge in [0, 0.05) is 41.0 Å². The first-order valence-electron chi connectivity index (χ1n) is 11.0. The van der Waals surface area contributed by atoms with Gasteiger partial charge in [0.1, 0.15) is 16.1 Å². The van der Waals surface area contributed by atoms with Crippen LogP contribution in [0.15, 0.2) is 49.4 Å². The van der Waals surface area contributed by atoms with Crippen LogP contribution in [0.25, 0.3) is 10.2 Å². The van der Waals surface area contributed by atoms with E-state index in [2.05, 4.69) is 54.9 Å². The predicted molar refractivity (Wildman–Crippen MR) is 149 cm³/mol. The van der Waals surface area contributed by atoms with Crippen molar-refractivity contribution in [3.05, 3.63) is 66.1 Å². The maximum Gasteiger partial charge on any atom is 0.222 e. The lowest BCUT2D eigenvalue weighted by Crippen LogP contribution is -2.20. The van der Waals surface area contributed by atoms with E-state index in [0.717, 1.165) is 57.6 Å². The van der Waals surface area contributed by atoms with Crippen LogP contribution in [-0.2, 0) is 13.0 Å². The summed E-state index contributed by atoms with van der Waals surface area (Å²) in [7, 11) is 0. The summed E-state index contributed by atoms with van der Waals surface area (Å²) in [6, 6.07) is 6.22. The molecule has 0 aliphatic rings. The lowest BCUT2D eigenvalue weighted by molar-refractivity contribution is 0.316. The van der Waals surface area contributed by atoms with Crippen molar-refractivity contribution in [3.63, 3.8) is 0 Å². The number of nitrogens with zero attached hydrogens (tertiary/aromatic N) is 1. The number of thioether (sulfide) groups is 1. The third-order valence-corrected chi connectivity index (χ3v) is 8.60. The first kappa shape index (κ1) is 25.2. The molecule has 3 heterocycles. The summed E-state index contributed by atoms with van der Waals surface area (Å²) in [5, 5.41) is 8.71. The number of aryl methyl sites for hydroxylation is 1. The van der Waals surface area contributed by atoms with Gasteiger partial charge in [-0.1, -0.05) is 0 Å². The molecule has 6 nitrogen and oxygen atoms in total. The molecule has 0 aliphatic heterocycles. The van der Waals surface area contributed by atoms with Crippen LogP contribution in [0, 0.1) is 6.92 Å². The Morgan fingerprint density at radius 2 is 2.15 bits per heavy atom. The normalized spacial score (nSPS) is 11.3. The molecule has 0 fully saturated rings. The number of rotatable bonds is 12. The summed E-state index contributed by atoms with van der Waals surface area (Å²) in [4.78, 5) is 22.4. The van der Waals surface area contributed by atoms with E-state index in [1.807, 2.05) is 23.9 Å². The minimum atomic E-state index is 0.0609. The summed E-state index contributed by atoms with van der Waals surface area (Å²) < 4.78 is 7.94. The van der Waals surface area contributed by atoms with E-state index in [1.165, 1.54) is 21.1 Å². The smallest absolute Gasteiger partial charge is 0.222 e. The van der Waals surface area contributed by atoms with Crippen LogP contribution in [0.5, 0.6) is 5.75 Å². The molecule has 10 heteroatoms. The molecule has 0 saturated carbocycles. The number of halogens is 1. The van der Waals surface area contributed by atoms with Gasteiger partial charge in [0.25, 0.3) is 0 Å². The summed E-state index contributed by atoms with van der Waals surface area (Å²) in [6.07, 6.45) is 5.58. The maximum absolute atomic E-state index is 12.5. The Bertz CT molecular complexity index is 1300.